The maximum Gasteiger partial charge on any atom is 0.253 e. The number of benzene rings is 1. The van der Waals surface area contributed by atoms with E-state index in [0.29, 0.717) is 37.3 Å². The molecule has 0 aliphatic carbocycles. The first-order chi connectivity index (χ1) is 11.4. The van der Waals surface area contributed by atoms with Gasteiger partial charge < -0.3 is 10.2 Å². The molecule has 6 nitrogen and oxygen atoms in total. The quantitative estimate of drug-likeness (QED) is 0.841. The lowest BCUT2D eigenvalue weighted by Crippen LogP contribution is -2.36. The third-order valence-electron chi connectivity index (χ3n) is 4.41. The number of nitrogens with zero attached hydrogens (tertiary/aromatic N) is 2. The molecule has 0 unspecified atom stereocenters. The van der Waals surface area contributed by atoms with Crippen molar-refractivity contribution in [3.63, 3.8) is 0 Å². The van der Waals surface area contributed by atoms with Crippen LogP contribution in [0.2, 0.25) is 0 Å². The minimum atomic E-state index is -3.54. The van der Waals surface area contributed by atoms with E-state index in [1.165, 1.54) is 10.4 Å². The van der Waals surface area contributed by atoms with Crippen LogP contribution < -0.4 is 5.32 Å². The molecule has 1 aliphatic rings. The molecule has 1 aromatic carbocycles. The van der Waals surface area contributed by atoms with E-state index in [4.69, 9.17) is 0 Å². The molecule has 2 rings (SSSR count). The van der Waals surface area contributed by atoms with Gasteiger partial charge in [-0.1, -0.05) is 12.5 Å². The van der Waals surface area contributed by atoms with Crippen molar-refractivity contribution in [1.82, 2.24) is 14.5 Å². The summed E-state index contributed by atoms with van der Waals surface area (Å²) in [5.41, 5.74) is 1.09. The number of sulfonamides is 1. The van der Waals surface area contributed by atoms with Crippen LogP contribution in [0.3, 0.4) is 0 Å². The van der Waals surface area contributed by atoms with Gasteiger partial charge in [0.25, 0.3) is 5.91 Å². The standard InChI is InChI=1S/C17H27N3O3S/c1-14-7-8-15(17(21)19(3)12-9-18-2)13-16(14)24(22,23)20-10-5-4-6-11-20/h7-8,13,18H,4-6,9-12H2,1-3H3. The molecule has 0 radical (unpaired) electrons. The Morgan fingerprint density at radius 1 is 1.25 bits per heavy atom. The average molecular weight is 353 g/mol. The third-order valence-corrected chi connectivity index (χ3v) is 6.45. The number of nitrogens with one attached hydrogen (secondary N) is 1. The maximum atomic E-state index is 12.9. The second-order valence-electron chi connectivity index (χ2n) is 6.28. The molecule has 1 heterocycles. The summed E-state index contributed by atoms with van der Waals surface area (Å²) in [6.45, 7) is 4.14. The lowest BCUT2D eigenvalue weighted by Gasteiger charge is -2.27. The molecule has 0 atom stereocenters. The van der Waals surface area contributed by atoms with Crippen molar-refractivity contribution >= 4 is 15.9 Å². The largest absolute Gasteiger partial charge is 0.340 e. The molecular formula is C17H27N3O3S. The number of carbonyl (C=O) groups is 1. The summed E-state index contributed by atoms with van der Waals surface area (Å²) in [5.74, 6) is -0.166. The fraction of sp³-hybridized carbons (Fsp3) is 0.588. The van der Waals surface area contributed by atoms with E-state index in [2.05, 4.69) is 5.32 Å². The van der Waals surface area contributed by atoms with Gasteiger partial charge in [0.1, 0.15) is 0 Å². The number of likely N-dealkylation sites (N-methyl/N-ethyl adjacent to an activating group) is 2. The van der Waals surface area contributed by atoms with E-state index >= 15 is 0 Å². The zero-order valence-corrected chi connectivity index (χ0v) is 15.5. The fourth-order valence-electron chi connectivity index (χ4n) is 2.86. The van der Waals surface area contributed by atoms with Gasteiger partial charge in [-0.05, 0) is 44.5 Å². The first-order valence-corrected chi connectivity index (χ1v) is 9.83. The van der Waals surface area contributed by atoms with E-state index in [1.54, 1.807) is 31.0 Å². The van der Waals surface area contributed by atoms with Crippen LogP contribution in [0, 0.1) is 6.92 Å². The van der Waals surface area contributed by atoms with Gasteiger partial charge in [0.05, 0.1) is 4.90 Å². The number of hydrogen-bond acceptors (Lipinski definition) is 4. The van der Waals surface area contributed by atoms with E-state index in [1.807, 2.05) is 7.05 Å². The van der Waals surface area contributed by atoms with Crippen LogP contribution in [0.4, 0.5) is 0 Å². The van der Waals surface area contributed by atoms with Gasteiger partial charge in [0.15, 0.2) is 0 Å². The van der Waals surface area contributed by atoms with Crippen molar-refractivity contribution < 1.29 is 13.2 Å². The Labute approximate surface area is 144 Å². The molecule has 0 bridgehead atoms. The lowest BCUT2D eigenvalue weighted by molar-refractivity contribution is 0.0796. The number of amides is 1. The molecule has 7 heteroatoms. The smallest absolute Gasteiger partial charge is 0.253 e. The Balaban J connectivity index is 2.29. The van der Waals surface area contributed by atoms with Crippen LogP contribution in [0.15, 0.2) is 23.1 Å². The van der Waals surface area contributed by atoms with Gasteiger partial charge in [-0.25, -0.2) is 8.42 Å². The predicted molar refractivity (Wildman–Crippen MR) is 94.7 cm³/mol. The van der Waals surface area contributed by atoms with Crippen molar-refractivity contribution in [3.05, 3.63) is 29.3 Å². The molecule has 1 N–H and O–H groups in total. The highest BCUT2D eigenvalue weighted by atomic mass is 32.2. The van der Waals surface area contributed by atoms with Crippen LogP contribution in [-0.4, -0.2) is 63.8 Å². The molecule has 1 aliphatic heterocycles. The second kappa shape index (κ2) is 8.09. The Morgan fingerprint density at radius 3 is 2.54 bits per heavy atom. The maximum absolute atomic E-state index is 12.9. The summed E-state index contributed by atoms with van der Waals surface area (Å²) in [4.78, 5) is 14.4. The normalized spacial score (nSPS) is 16.1. The Kier molecular flexibility index (Phi) is 6.37. The summed E-state index contributed by atoms with van der Waals surface area (Å²) in [6.07, 6.45) is 2.85. The molecule has 24 heavy (non-hydrogen) atoms. The van der Waals surface area contributed by atoms with E-state index in [9.17, 15) is 13.2 Å². The first-order valence-electron chi connectivity index (χ1n) is 8.39. The molecule has 1 aromatic rings. The number of rotatable bonds is 6. The molecule has 1 fully saturated rings. The van der Waals surface area contributed by atoms with Crippen LogP contribution in [0.1, 0.15) is 35.2 Å². The summed E-state index contributed by atoms with van der Waals surface area (Å²) in [6, 6.07) is 4.94. The topological polar surface area (TPSA) is 69.7 Å². The Hall–Kier alpha value is -1.44. The average Bonchev–Trinajstić information content (AvgIpc) is 2.60. The van der Waals surface area contributed by atoms with Crippen LogP contribution >= 0.6 is 0 Å². The minimum Gasteiger partial charge on any atom is -0.340 e. The van der Waals surface area contributed by atoms with Crippen molar-refractivity contribution in [1.29, 1.82) is 0 Å². The van der Waals surface area contributed by atoms with Crippen molar-refractivity contribution in [2.45, 2.75) is 31.1 Å². The number of aryl methyl sites for hydroxylation is 1. The molecule has 1 saturated heterocycles. The number of hydrogen-bond donors (Lipinski definition) is 1. The van der Waals surface area contributed by atoms with Gasteiger partial charge >= 0.3 is 0 Å². The highest BCUT2D eigenvalue weighted by Crippen LogP contribution is 2.24. The molecule has 134 valence electrons. The van der Waals surface area contributed by atoms with Crippen LogP contribution in [0.5, 0.6) is 0 Å². The van der Waals surface area contributed by atoms with E-state index in [-0.39, 0.29) is 10.8 Å². The molecular weight excluding hydrogens is 326 g/mol. The lowest BCUT2D eigenvalue weighted by atomic mass is 10.1. The highest BCUT2D eigenvalue weighted by Gasteiger charge is 2.28. The van der Waals surface area contributed by atoms with Gasteiger partial charge in [-0.3, -0.25) is 4.79 Å². The molecule has 0 aromatic heterocycles. The van der Waals surface area contributed by atoms with Gasteiger partial charge in [-0.2, -0.15) is 4.31 Å². The van der Waals surface area contributed by atoms with Gasteiger partial charge in [0.2, 0.25) is 10.0 Å². The fourth-order valence-corrected chi connectivity index (χ4v) is 4.62. The predicted octanol–water partition coefficient (Wildman–Crippen LogP) is 1.46. The summed E-state index contributed by atoms with van der Waals surface area (Å²) < 4.78 is 27.4. The van der Waals surface area contributed by atoms with E-state index < -0.39 is 10.0 Å². The first kappa shape index (κ1) is 18.9. The SMILES string of the molecule is CNCCN(C)C(=O)c1ccc(C)c(S(=O)(=O)N2CCCCC2)c1. The van der Waals surface area contributed by atoms with Crippen molar-refractivity contribution in [2.24, 2.45) is 0 Å². The summed E-state index contributed by atoms with van der Waals surface area (Å²) in [7, 11) is 0.00633. The molecule has 0 spiro atoms. The Morgan fingerprint density at radius 2 is 1.92 bits per heavy atom. The van der Waals surface area contributed by atoms with Crippen molar-refractivity contribution in [2.75, 3.05) is 40.3 Å². The number of carbonyl (C=O) groups excluding carboxylic acids is 1. The summed E-state index contributed by atoms with van der Waals surface area (Å²) >= 11 is 0. The third kappa shape index (κ3) is 4.15. The second-order valence-corrected chi connectivity index (χ2v) is 8.18. The monoisotopic (exact) mass is 353 g/mol. The zero-order chi connectivity index (χ0) is 17.7. The Bertz CT molecular complexity index is 682. The van der Waals surface area contributed by atoms with E-state index in [0.717, 1.165) is 19.3 Å². The minimum absolute atomic E-state index is 0.166. The molecule has 0 saturated carbocycles. The zero-order valence-electron chi connectivity index (χ0n) is 14.7. The van der Waals surface area contributed by atoms with Crippen LogP contribution in [-0.2, 0) is 10.0 Å². The highest BCUT2D eigenvalue weighted by molar-refractivity contribution is 7.89. The molecule has 1 amide bonds. The van der Waals surface area contributed by atoms with Gasteiger partial charge in [-0.15, -0.1) is 0 Å². The van der Waals surface area contributed by atoms with Crippen molar-refractivity contribution in [3.8, 4) is 0 Å². The summed E-state index contributed by atoms with van der Waals surface area (Å²) in [5, 5.41) is 3.00. The number of piperidine rings is 1. The van der Waals surface area contributed by atoms with Gasteiger partial charge in [0, 0.05) is 38.8 Å². The van der Waals surface area contributed by atoms with Crippen LogP contribution in [0.25, 0.3) is 0 Å².